The van der Waals surface area contributed by atoms with Gasteiger partial charge in [-0.1, -0.05) is 19.0 Å². The number of hydrogen-bond acceptors (Lipinski definition) is 5. The molecule has 0 bridgehead atoms. The number of carbonyl (C=O) groups excluding carboxylic acids is 1. The van der Waals surface area contributed by atoms with E-state index in [9.17, 15) is 4.79 Å². The minimum absolute atomic E-state index is 0.118. The maximum Gasteiger partial charge on any atom is 0.259 e. The molecule has 2 aromatic rings. The van der Waals surface area contributed by atoms with Crippen molar-refractivity contribution in [2.75, 3.05) is 13.1 Å². The van der Waals surface area contributed by atoms with Crippen LogP contribution in [-0.2, 0) is 0 Å². The van der Waals surface area contributed by atoms with Crippen LogP contribution in [0.15, 0.2) is 10.6 Å². The first kappa shape index (κ1) is 15.4. The zero-order valence-corrected chi connectivity index (χ0v) is 12.8. The topological polar surface area (TPSA) is 94.0 Å². The SMILES string of the molecule is Cc1noc2nc(C(C)C)cc(C(=O)NCCCCN)c12. The number of nitrogens with two attached hydrogens (primary N) is 1. The first-order chi connectivity index (χ1) is 10.0. The lowest BCUT2D eigenvalue weighted by Crippen LogP contribution is -2.25. The number of carbonyl (C=O) groups is 1. The molecule has 0 saturated carbocycles. The predicted molar refractivity (Wildman–Crippen MR) is 81.3 cm³/mol. The fourth-order valence-electron chi connectivity index (χ4n) is 2.16. The highest BCUT2D eigenvalue weighted by molar-refractivity contribution is 6.06. The Hall–Kier alpha value is -1.95. The van der Waals surface area contributed by atoms with Crippen LogP contribution in [0.2, 0.25) is 0 Å². The van der Waals surface area contributed by atoms with Gasteiger partial charge in [-0.2, -0.15) is 0 Å². The number of fused-ring (bicyclic) bond motifs is 1. The van der Waals surface area contributed by atoms with Gasteiger partial charge < -0.3 is 15.6 Å². The third-order valence-corrected chi connectivity index (χ3v) is 3.39. The monoisotopic (exact) mass is 290 g/mol. The Bertz CT molecular complexity index is 634. The summed E-state index contributed by atoms with van der Waals surface area (Å²) in [6.07, 6.45) is 1.77. The van der Waals surface area contributed by atoms with E-state index < -0.39 is 0 Å². The molecule has 0 unspecified atom stereocenters. The average molecular weight is 290 g/mol. The fourth-order valence-corrected chi connectivity index (χ4v) is 2.16. The molecule has 0 aliphatic heterocycles. The van der Waals surface area contributed by atoms with Gasteiger partial charge in [0.2, 0.25) is 0 Å². The zero-order chi connectivity index (χ0) is 15.4. The van der Waals surface area contributed by atoms with Crippen LogP contribution in [0.25, 0.3) is 11.1 Å². The summed E-state index contributed by atoms with van der Waals surface area (Å²) in [5, 5.41) is 7.52. The van der Waals surface area contributed by atoms with Gasteiger partial charge >= 0.3 is 0 Å². The summed E-state index contributed by atoms with van der Waals surface area (Å²) in [6.45, 7) is 7.12. The highest BCUT2D eigenvalue weighted by Gasteiger charge is 2.19. The van der Waals surface area contributed by atoms with E-state index in [0.717, 1.165) is 18.5 Å². The van der Waals surface area contributed by atoms with Crippen molar-refractivity contribution in [2.45, 2.75) is 39.5 Å². The molecular weight excluding hydrogens is 268 g/mol. The molecule has 0 radical (unpaired) electrons. The van der Waals surface area contributed by atoms with E-state index >= 15 is 0 Å². The van der Waals surface area contributed by atoms with Crippen molar-refractivity contribution in [1.29, 1.82) is 0 Å². The molecule has 1 amide bonds. The lowest BCUT2D eigenvalue weighted by atomic mass is 10.0. The minimum Gasteiger partial charge on any atom is -0.352 e. The molecule has 6 heteroatoms. The van der Waals surface area contributed by atoms with Gasteiger partial charge in [0, 0.05) is 12.2 Å². The van der Waals surface area contributed by atoms with E-state index in [1.165, 1.54) is 0 Å². The lowest BCUT2D eigenvalue weighted by Gasteiger charge is -2.09. The van der Waals surface area contributed by atoms with Crippen LogP contribution in [0.5, 0.6) is 0 Å². The Morgan fingerprint density at radius 3 is 2.86 bits per heavy atom. The van der Waals surface area contributed by atoms with E-state index in [0.29, 0.717) is 35.4 Å². The number of unbranched alkanes of at least 4 members (excludes halogenated alkanes) is 1. The second-order valence-electron chi connectivity index (χ2n) is 5.45. The van der Waals surface area contributed by atoms with E-state index in [1.54, 1.807) is 0 Å². The third-order valence-electron chi connectivity index (χ3n) is 3.39. The smallest absolute Gasteiger partial charge is 0.259 e. The first-order valence-corrected chi connectivity index (χ1v) is 7.29. The van der Waals surface area contributed by atoms with Gasteiger partial charge in [0.05, 0.1) is 16.6 Å². The molecule has 0 aliphatic rings. The van der Waals surface area contributed by atoms with E-state index in [4.69, 9.17) is 10.3 Å². The molecule has 2 rings (SSSR count). The lowest BCUT2D eigenvalue weighted by molar-refractivity contribution is 0.0954. The molecule has 0 spiro atoms. The van der Waals surface area contributed by atoms with Crippen molar-refractivity contribution < 1.29 is 9.32 Å². The van der Waals surface area contributed by atoms with Crippen molar-refractivity contribution in [3.63, 3.8) is 0 Å². The van der Waals surface area contributed by atoms with Crippen LogP contribution >= 0.6 is 0 Å². The molecule has 2 aromatic heterocycles. The number of rotatable bonds is 6. The first-order valence-electron chi connectivity index (χ1n) is 7.29. The van der Waals surface area contributed by atoms with Crippen molar-refractivity contribution >= 4 is 17.0 Å². The van der Waals surface area contributed by atoms with Gasteiger partial charge in [0.15, 0.2) is 0 Å². The van der Waals surface area contributed by atoms with Crippen molar-refractivity contribution in [3.8, 4) is 0 Å². The van der Waals surface area contributed by atoms with Gasteiger partial charge in [-0.15, -0.1) is 0 Å². The Labute approximate surface area is 124 Å². The van der Waals surface area contributed by atoms with Crippen LogP contribution in [0, 0.1) is 6.92 Å². The Kier molecular flexibility index (Phi) is 4.90. The summed E-state index contributed by atoms with van der Waals surface area (Å²) >= 11 is 0. The van der Waals surface area contributed by atoms with Gasteiger partial charge in [-0.05, 0) is 38.3 Å². The van der Waals surface area contributed by atoms with Crippen molar-refractivity contribution in [3.05, 3.63) is 23.0 Å². The van der Waals surface area contributed by atoms with Crippen molar-refractivity contribution in [2.24, 2.45) is 5.73 Å². The molecule has 0 atom stereocenters. The molecule has 2 heterocycles. The Balaban J connectivity index is 2.31. The highest BCUT2D eigenvalue weighted by Crippen LogP contribution is 2.24. The van der Waals surface area contributed by atoms with E-state index in [2.05, 4.69) is 15.5 Å². The van der Waals surface area contributed by atoms with Gasteiger partial charge in [-0.3, -0.25) is 4.79 Å². The minimum atomic E-state index is -0.118. The fraction of sp³-hybridized carbons (Fsp3) is 0.533. The maximum absolute atomic E-state index is 12.4. The third kappa shape index (κ3) is 3.39. The normalized spacial score (nSPS) is 11.3. The van der Waals surface area contributed by atoms with Gasteiger partial charge in [-0.25, -0.2) is 4.98 Å². The Morgan fingerprint density at radius 1 is 1.43 bits per heavy atom. The standard InChI is InChI=1S/C15H22N4O2/c1-9(2)12-8-11(14(20)17-7-5-4-6-16)13-10(3)19-21-15(13)18-12/h8-9H,4-7,16H2,1-3H3,(H,17,20). The molecule has 0 fully saturated rings. The molecule has 6 nitrogen and oxygen atoms in total. The quantitative estimate of drug-likeness (QED) is 0.795. The van der Waals surface area contributed by atoms with Crippen LogP contribution in [0.4, 0.5) is 0 Å². The maximum atomic E-state index is 12.4. The number of nitrogens with zero attached hydrogens (tertiary/aromatic N) is 2. The number of hydrogen-bond donors (Lipinski definition) is 2. The largest absolute Gasteiger partial charge is 0.352 e. The summed E-state index contributed by atoms with van der Waals surface area (Å²) in [7, 11) is 0. The van der Waals surface area contributed by atoms with Gasteiger partial charge in [0.1, 0.15) is 0 Å². The summed E-state index contributed by atoms with van der Waals surface area (Å²) in [5.74, 6) is 0.0937. The number of nitrogens with one attached hydrogen (secondary N) is 1. The molecule has 21 heavy (non-hydrogen) atoms. The average Bonchev–Trinajstić information content (AvgIpc) is 2.84. The van der Waals surface area contributed by atoms with Crippen molar-refractivity contribution in [1.82, 2.24) is 15.5 Å². The number of amides is 1. The molecule has 3 N–H and O–H groups in total. The summed E-state index contributed by atoms with van der Waals surface area (Å²) < 4.78 is 5.22. The molecule has 0 saturated heterocycles. The van der Waals surface area contributed by atoms with E-state index in [-0.39, 0.29) is 11.8 Å². The molecule has 114 valence electrons. The highest BCUT2D eigenvalue weighted by atomic mass is 16.5. The summed E-state index contributed by atoms with van der Waals surface area (Å²) in [5.41, 5.74) is 7.95. The summed E-state index contributed by atoms with van der Waals surface area (Å²) in [6, 6.07) is 1.83. The number of pyridine rings is 1. The zero-order valence-electron chi connectivity index (χ0n) is 12.8. The second-order valence-corrected chi connectivity index (χ2v) is 5.45. The predicted octanol–water partition coefficient (Wildman–Crippen LogP) is 2.12. The van der Waals surface area contributed by atoms with Gasteiger partial charge in [0.25, 0.3) is 11.6 Å². The molecular formula is C15H22N4O2. The van der Waals surface area contributed by atoms with E-state index in [1.807, 2.05) is 26.8 Å². The molecule has 0 aliphatic carbocycles. The second kappa shape index (κ2) is 6.67. The van der Waals surface area contributed by atoms with Crippen LogP contribution in [-0.4, -0.2) is 29.1 Å². The van der Waals surface area contributed by atoms with Crippen LogP contribution in [0.3, 0.4) is 0 Å². The molecule has 0 aromatic carbocycles. The summed E-state index contributed by atoms with van der Waals surface area (Å²) in [4.78, 5) is 16.8. The number of aryl methyl sites for hydroxylation is 1. The Morgan fingerprint density at radius 2 is 2.19 bits per heavy atom. The number of aromatic nitrogens is 2. The van der Waals surface area contributed by atoms with Crippen LogP contribution < -0.4 is 11.1 Å². The van der Waals surface area contributed by atoms with Crippen LogP contribution in [0.1, 0.15) is 54.4 Å².